The highest BCUT2D eigenvalue weighted by molar-refractivity contribution is 6.26. The van der Waals surface area contributed by atoms with Gasteiger partial charge in [-0.15, -0.1) is 0 Å². The number of hydrogen-bond acceptors (Lipinski definition) is 0. The molecule has 16 rings (SSSR count). The summed E-state index contributed by atoms with van der Waals surface area (Å²) in [5.74, 6) is 0. The lowest BCUT2D eigenvalue weighted by Gasteiger charge is -2.19. The first-order valence-electron chi connectivity index (χ1n) is 27.7. The lowest BCUT2D eigenvalue weighted by molar-refractivity contribution is 1.62. The molecule has 372 valence electrons. The number of hydrogen-bond donors (Lipinski definition) is 0. The molecule has 0 aliphatic rings. The Bertz CT molecular complexity index is 4930. The molecule has 16 aromatic rings. The van der Waals surface area contributed by atoms with Crippen LogP contribution in [0.3, 0.4) is 0 Å². The Balaban J connectivity index is 0.000000144. The summed E-state index contributed by atoms with van der Waals surface area (Å²) in [6, 6.07) is 115. The summed E-state index contributed by atoms with van der Waals surface area (Å²) < 4.78 is 0. The summed E-state index contributed by atoms with van der Waals surface area (Å²) in [5.41, 5.74) is 15.2. The fourth-order valence-electron chi connectivity index (χ4n) is 12.9. The Morgan fingerprint density at radius 1 is 0.125 bits per heavy atom. The van der Waals surface area contributed by atoms with Crippen molar-refractivity contribution in [3.63, 3.8) is 0 Å². The zero-order valence-electron chi connectivity index (χ0n) is 44.0. The minimum atomic E-state index is 1.23. The minimum absolute atomic E-state index is 1.23. The first-order chi connectivity index (χ1) is 39.7. The van der Waals surface area contributed by atoms with Crippen LogP contribution in [0.1, 0.15) is 0 Å². The molecule has 0 N–H and O–H groups in total. The molecule has 0 spiro atoms. The molecule has 16 aromatic carbocycles. The molecule has 0 fully saturated rings. The van der Waals surface area contributed by atoms with Gasteiger partial charge in [0, 0.05) is 0 Å². The first kappa shape index (κ1) is 46.9. The number of fused-ring (bicyclic) bond motifs is 9. The van der Waals surface area contributed by atoms with Gasteiger partial charge in [-0.2, -0.15) is 0 Å². The third kappa shape index (κ3) is 8.08. The molecule has 0 heterocycles. The summed E-state index contributed by atoms with van der Waals surface area (Å²) in [7, 11) is 0. The second kappa shape index (κ2) is 19.9. The molecule has 0 heteroatoms. The molecule has 0 saturated heterocycles. The van der Waals surface area contributed by atoms with Crippen LogP contribution in [-0.4, -0.2) is 0 Å². The number of rotatable bonds is 6. The van der Waals surface area contributed by atoms with E-state index in [1.165, 1.54) is 153 Å². The minimum Gasteiger partial charge on any atom is -0.0622 e. The summed E-state index contributed by atoms with van der Waals surface area (Å²) in [6.45, 7) is 0. The monoisotopic (exact) mass is 1010 g/mol. The first-order valence-corrected chi connectivity index (χ1v) is 27.7. The Morgan fingerprint density at radius 3 is 1.09 bits per heavy atom. The summed E-state index contributed by atoms with van der Waals surface area (Å²) in [4.78, 5) is 0. The fourth-order valence-corrected chi connectivity index (χ4v) is 12.9. The predicted molar refractivity (Wildman–Crippen MR) is 346 cm³/mol. The van der Waals surface area contributed by atoms with Crippen LogP contribution in [0.25, 0.3) is 153 Å². The molecule has 0 aliphatic heterocycles. The maximum absolute atomic E-state index is 2.38. The molecule has 0 atom stereocenters. The van der Waals surface area contributed by atoms with Crippen molar-refractivity contribution in [2.45, 2.75) is 0 Å². The molecule has 0 amide bonds. The summed E-state index contributed by atoms with van der Waals surface area (Å²) in [6.07, 6.45) is 0. The van der Waals surface area contributed by atoms with E-state index < -0.39 is 0 Å². The zero-order valence-corrected chi connectivity index (χ0v) is 44.0. The molecule has 0 saturated carbocycles. The van der Waals surface area contributed by atoms with Crippen molar-refractivity contribution in [2.75, 3.05) is 0 Å². The topological polar surface area (TPSA) is 0 Å². The predicted octanol–water partition coefficient (Wildman–Crippen LogP) is 22.6. The van der Waals surface area contributed by atoms with Crippen LogP contribution in [0, 0.1) is 0 Å². The highest BCUT2D eigenvalue weighted by atomic mass is 14.2. The van der Waals surface area contributed by atoms with E-state index in [9.17, 15) is 0 Å². The smallest absolute Gasteiger partial charge is 0.00199 e. The molecular formula is C80H52. The van der Waals surface area contributed by atoms with Crippen LogP contribution >= 0.6 is 0 Å². The van der Waals surface area contributed by atoms with E-state index in [1.54, 1.807) is 0 Å². The second-order valence-corrected chi connectivity index (χ2v) is 21.0. The zero-order chi connectivity index (χ0) is 52.9. The van der Waals surface area contributed by atoms with Gasteiger partial charge in [0.25, 0.3) is 0 Å². The van der Waals surface area contributed by atoms with Gasteiger partial charge in [0.2, 0.25) is 0 Å². The van der Waals surface area contributed by atoms with Crippen molar-refractivity contribution in [3.05, 3.63) is 315 Å². The summed E-state index contributed by atoms with van der Waals surface area (Å²) >= 11 is 0. The van der Waals surface area contributed by atoms with Crippen molar-refractivity contribution in [1.29, 1.82) is 0 Å². The molecule has 0 nitrogen and oxygen atoms in total. The molecular weight excluding hydrogens is 961 g/mol. The highest BCUT2D eigenvalue weighted by Gasteiger charge is 2.20. The van der Waals surface area contributed by atoms with Crippen LogP contribution < -0.4 is 0 Å². The van der Waals surface area contributed by atoms with Gasteiger partial charge >= 0.3 is 0 Å². The van der Waals surface area contributed by atoms with Gasteiger partial charge in [-0.1, -0.05) is 297 Å². The lowest BCUT2D eigenvalue weighted by Crippen LogP contribution is -1.92. The Kier molecular flexibility index (Phi) is 11.6. The molecule has 0 unspecified atom stereocenters. The van der Waals surface area contributed by atoms with Gasteiger partial charge in [0.05, 0.1) is 0 Å². The summed E-state index contributed by atoms with van der Waals surface area (Å²) in [5, 5.41) is 20.5. The molecule has 0 bridgehead atoms. The Hall–Kier alpha value is -10.4. The van der Waals surface area contributed by atoms with E-state index in [0.29, 0.717) is 0 Å². The standard InChI is InChI=1S/C46H30.C34H22/c1-2-13-35-29-37(28-23-31(35)11-1)36-15-9-16-38(30-36)46-43-20-7-5-18-41(43)45(42-19-6-8-21-44(42)46)34-26-24-33(25-27-34)40-22-10-14-32-12-3-4-17-39(32)40;1-2-12-23(13-3-1)33-28-18-8-10-20-30(28)34(31-21-11-9-19-29(31)33)32-22-24-14-4-5-15-25(24)26-16-6-7-17-27(26)32/h1-30H;1-22H. The Morgan fingerprint density at radius 2 is 0.487 bits per heavy atom. The number of benzene rings is 16. The SMILES string of the molecule is c1cc(-c2ccc3ccccc3c2)cc(-c2c3ccccc3c(-c3ccc(-c4cccc5ccccc45)cc3)c3ccccc23)c1.c1ccc(-c2c3ccccc3c(-c3cc4ccccc4c4ccccc34)c3ccccc23)cc1. The van der Waals surface area contributed by atoms with Gasteiger partial charge in [-0.25, -0.2) is 0 Å². The molecule has 0 aromatic heterocycles. The average molecular weight is 1010 g/mol. The van der Waals surface area contributed by atoms with Crippen LogP contribution in [0.2, 0.25) is 0 Å². The van der Waals surface area contributed by atoms with Gasteiger partial charge < -0.3 is 0 Å². The third-order valence-electron chi connectivity index (χ3n) is 16.5. The molecule has 0 aliphatic carbocycles. The third-order valence-corrected chi connectivity index (χ3v) is 16.5. The van der Waals surface area contributed by atoms with E-state index in [4.69, 9.17) is 0 Å². The van der Waals surface area contributed by atoms with Crippen molar-refractivity contribution in [3.8, 4) is 66.8 Å². The normalized spacial score (nSPS) is 11.5. The van der Waals surface area contributed by atoms with Crippen molar-refractivity contribution >= 4 is 86.2 Å². The fraction of sp³-hybridized carbons (Fsp3) is 0. The largest absolute Gasteiger partial charge is 0.0622 e. The average Bonchev–Trinajstić information content (AvgIpc) is 3.69. The lowest BCUT2D eigenvalue weighted by atomic mass is 9.84. The molecule has 80 heavy (non-hydrogen) atoms. The second-order valence-electron chi connectivity index (χ2n) is 21.0. The van der Waals surface area contributed by atoms with Crippen molar-refractivity contribution in [2.24, 2.45) is 0 Å². The van der Waals surface area contributed by atoms with E-state index in [0.717, 1.165) is 0 Å². The maximum Gasteiger partial charge on any atom is -0.00199 e. The van der Waals surface area contributed by atoms with Gasteiger partial charge in [0.15, 0.2) is 0 Å². The van der Waals surface area contributed by atoms with Crippen LogP contribution in [0.5, 0.6) is 0 Å². The van der Waals surface area contributed by atoms with Crippen LogP contribution in [0.4, 0.5) is 0 Å². The van der Waals surface area contributed by atoms with Crippen molar-refractivity contribution in [1.82, 2.24) is 0 Å². The van der Waals surface area contributed by atoms with E-state index in [-0.39, 0.29) is 0 Å². The van der Waals surface area contributed by atoms with E-state index in [1.807, 2.05) is 0 Å². The van der Waals surface area contributed by atoms with Gasteiger partial charge in [-0.05, 0) is 171 Å². The Labute approximate surface area is 465 Å². The van der Waals surface area contributed by atoms with Gasteiger partial charge in [-0.3, -0.25) is 0 Å². The van der Waals surface area contributed by atoms with Gasteiger partial charge in [0.1, 0.15) is 0 Å². The quantitative estimate of drug-likeness (QED) is 0.115. The van der Waals surface area contributed by atoms with Crippen molar-refractivity contribution < 1.29 is 0 Å². The van der Waals surface area contributed by atoms with E-state index in [2.05, 4.69) is 315 Å². The highest BCUT2D eigenvalue weighted by Crippen LogP contribution is 2.48. The molecule has 0 radical (unpaired) electrons. The van der Waals surface area contributed by atoms with Crippen LogP contribution in [-0.2, 0) is 0 Å². The van der Waals surface area contributed by atoms with Crippen LogP contribution in [0.15, 0.2) is 315 Å². The maximum atomic E-state index is 2.38. The van der Waals surface area contributed by atoms with E-state index >= 15 is 0 Å².